The molecule has 1 aliphatic heterocycles. The van der Waals surface area contributed by atoms with Crippen molar-refractivity contribution in [2.24, 2.45) is 0 Å². The lowest BCUT2D eigenvalue weighted by atomic mass is 10.1. The van der Waals surface area contributed by atoms with Crippen molar-refractivity contribution in [1.82, 2.24) is 4.90 Å². The van der Waals surface area contributed by atoms with E-state index in [2.05, 4.69) is 4.72 Å². The van der Waals surface area contributed by atoms with E-state index in [4.69, 9.17) is 25.8 Å². The summed E-state index contributed by atoms with van der Waals surface area (Å²) in [6, 6.07) is 16.3. The van der Waals surface area contributed by atoms with E-state index in [-0.39, 0.29) is 23.9 Å². The molecule has 0 saturated heterocycles. The van der Waals surface area contributed by atoms with E-state index >= 15 is 0 Å². The number of fused-ring (bicyclic) bond motifs is 1. The molecule has 0 aliphatic carbocycles. The van der Waals surface area contributed by atoms with Crippen molar-refractivity contribution in [2.45, 2.75) is 31.0 Å². The van der Waals surface area contributed by atoms with E-state index in [1.54, 1.807) is 68.5 Å². The Morgan fingerprint density at radius 3 is 2.60 bits per heavy atom. The maximum Gasteiger partial charge on any atom is 0.263 e. The first kappa shape index (κ1) is 24.7. The fraction of sp³-hybridized carbons (Fsp3) is 0.240. The second-order valence-electron chi connectivity index (χ2n) is 8.02. The molecule has 1 heterocycles. The van der Waals surface area contributed by atoms with Gasteiger partial charge in [0.1, 0.15) is 17.2 Å². The van der Waals surface area contributed by atoms with Gasteiger partial charge in [0.25, 0.3) is 15.9 Å². The Morgan fingerprint density at radius 1 is 1.09 bits per heavy atom. The third kappa shape index (κ3) is 5.47. The molecule has 0 aromatic heterocycles. The highest BCUT2D eigenvalue weighted by molar-refractivity contribution is 7.92. The van der Waals surface area contributed by atoms with Gasteiger partial charge in [-0.05, 0) is 55.5 Å². The first-order valence-corrected chi connectivity index (χ1v) is 12.6. The van der Waals surface area contributed by atoms with Crippen LogP contribution in [0.3, 0.4) is 0 Å². The Bertz CT molecular complexity index is 1360. The van der Waals surface area contributed by atoms with E-state index in [9.17, 15) is 13.2 Å². The fourth-order valence-corrected chi connectivity index (χ4v) is 5.18. The number of halogens is 1. The molecular weight excluding hydrogens is 492 g/mol. The van der Waals surface area contributed by atoms with Crippen LogP contribution in [0.4, 0.5) is 5.69 Å². The number of hydrogen-bond acceptors (Lipinski definition) is 6. The molecule has 10 heteroatoms. The van der Waals surface area contributed by atoms with Crippen LogP contribution in [0.15, 0.2) is 65.6 Å². The molecule has 8 nitrogen and oxygen atoms in total. The normalized spacial score (nSPS) is 15.6. The van der Waals surface area contributed by atoms with Crippen molar-refractivity contribution in [3.8, 4) is 17.2 Å². The smallest absolute Gasteiger partial charge is 0.263 e. The molecule has 35 heavy (non-hydrogen) atoms. The Hall–Kier alpha value is -3.43. The molecule has 3 aromatic rings. The molecule has 184 valence electrons. The van der Waals surface area contributed by atoms with Gasteiger partial charge in [-0.3, -0.25) is 9.52 Å². The summed E-state index contributed by atoms with van der Waals surface area (Å²) >= 11 is 5.95. The van der Waals surface area contributed by atoms with Crippen molar-refractivity contribution in [1.29, 1.82) is 0 Å². The quantitative estimate of drug-likeness (QED) is 0.498. The van der Waals surface area contributed by atoms with Crippen molar-refractivity contribution in [3.05, 3.63) is 76.8 Å². The van der Waals surface area contributed by atoms with Crippen molar-refractivity contribution in [3.63, 3.8) is 0 Å². The Balaban J connectivity index is 1.62. The molecule has 1 atom stereocenters. The van der Waals surface area contributed by atoms with E-state index in [0.717, 1.165) is 5.56 Å². The Kier molecular flexibility index (Phi) is 7.09. The van der Waals surface area contributed by atoms with Crippen LogP contribution in [0.5, 0.6) is 17.2 Å². The third-order valence-electron chi connectivity index (χ3n) is 5.60. The molecular formula is C25H25ClN2O6S. The fourth-order valence-electron chi connectivity index (χ4n) is 3.83. The highest BCUT2D eigenvalue weighted by Gasteiger charge is 2.29. The standard InChI is InChI=1S/C25H25ClN2O6S/c1-16-25(29)28(14-17-7-9-21(32-2)13-24(17)33-3)15-18-11-20(8-10-23(18)34-16)27-35(30,31)22-6-4-5-19(26)12-22/h4-13,16,27H,14-15H2,1-3H3/t16-/m0/s1. The number of rotatable bonds is 7. The molecule has 0 saturated carbocycles. The SMILES string of the molecule is COc1ccc(CN2Cc3cc(NS(=O)(=O)c4cccc(Cl)c4)ccc3O[C@@H](C)C2=O)c(OC)c1. The van der Waals surface area contributed by atoms with Crippen molar-refractivity contribution in [2.75, 3.05) is 18.9 Å². The molecule has 1 aliphatic rings. The topological polar surface area (TPSA) is 94.2 Å². The molecule has 0 spiro atoms. The molecule has 0 unspecified atom stereocenters. The second kappa shape index (κ2) is 10.1. The number of anilines is 1. The van der Waals surface area contributed by atoms with Crippen LogP contribution < -0.4 is 18.9 Å². The highest BCUT2D eigenvalue weighted by Crippen LogP contribution is 2.32. The number of nitrogens with zero attached hydrogens (tertiary/aromatic N) is 1. The van der Waals surface area contributed by atoms with Gasteiger partial charge in [0.2, 0.25) is 0 Å². The van der Waals surface area contributed by atoms with Gasteiger partial charge in [-0.2, -0.15) is 0 Å². The van der Waals surface area contributed by atoms with Gasteiger partial charge in [0.15, 0.2) is 6.10 Å². The van der Waals surface area contributed by atoms with Gasteiger partial charge in [-0.25, -0.2) is 8.42 Å². The van der Waals surface area contributed by atoms with Gasteiger partial charge in [0.05, 0.1) is 19.1 Å². The summed E-state index contributed by atoms with van der Waals surface area (Å²) in [6.45, 7) is 2.18. The Morgan fingerprint density at radius 2 is 1.89 bits per heavy atom. The number of benzene rings is 3. The van der Waals surface area contributed by atoms with Gasteiger partial charge >= 0.3 is 0 Å². The zero-order valence-corrected chi connectivity index (χ0v) is 21.0. The molecule has 3 aromatic carbocycles. The van der Waals surface area contributed by atoms with Gasteiger partial charge in [0, 0.05) is 41.0 Å². The van der Waals surface area contributed by atoms with Crippen LogP contribution >= 0.6 is 11.6 Å². The van der Waals surface area contributed by atoms with Gasteiger partial charge in [-0.15, -0.1) is 0 Å². The summed E-state index contributed by atoms with van der Waals surface area (Å²) in [5.41, 5.74) is 1.81. The van der Waals surface area contributed by atoms with Crippen LogP contribution in [0.2, 0.25) is 5.02 Å². The molecule has 1 amide bonds. The minimum atomic E-state index is -3.85. The zero-order valence-electron chi connectivity index (χ0n) is 19.4. The minimum absolute atomic E-state index is 0.0493. The summed E-state index contributed by atoms with van der Waals surface area (Å²) in [5.74, 6) is 1.56. The third-order valence-corrected chi connectivity index (χ3v) is 7.21. The molecule has 1 N–H and O–H groups in total. The van der Waals surface area contributed by atoms with E-state index in [1.807, 2.05) is 6.07 Å². The minimum Gasteiger partial charge on any atom is -0.497 e. The van der Waals surface area contributed by atoms with E-state index < -0.39 is 16.1 Å². The number of methoxy groups -OCH3 is 2. The van der Waals surface area contributed by atoms with Gasteiger partial charge in [-0.1, -0.05) is 17.7 Å². The van der Waals surface area contributed by atoms with E-state index in [1.165, 1.54) is 12.1 Å². The number of sulfonamides is 1. The largest absolute Gasteiger partial charge is 0.497 e. The van der Waals surface area contributed by atoms with Crippen molar-refractivity contribution < 1.29 is 27.4 Å². The number of hydrogen-bond donors (Lipinski definition) is 1. The predicted molar refractivity (Wildman–Crippen MR) is 133 cm³/mol. The lowest BCUT2D eigenvalue weighted by Crippen LogP contribution is -2.37. The first-order chi connectivity index (χ1) is 16.7. The first-order valence-electron chi connectivity index (χ1n) is 10.8. The van der Waals surface area contributed by atoms with Crippen LogP contribution in [0.25, 0.3) is 0 Å². The van der Waals surface area contributed by atoms with Crippen LogP contribution in [-0.4, -0.2) is 39.5 Å². The molecule has 0 fully saturated rings. The molecule has 4 rings (SSSR count). The summed E-state index contributed by atoms with van der Waals surface area (Å²) in [6.07, 6.45) is -0.713. The second-order valence-corrected chi connectivity index (χ2v) is 10.1. The maximum absolute atomic E-state index is 13.1. The van der Waals surface area contributed by atoms with Crippen LogP contribution in [0, 0.1) is 0 Å². The number of amides is 1. The molecule has 0 bridgehead atoms. The number of carbonyl (C=O) groups excluding carboxylic acids is 1. The predicted octanol–water partition coefficient (Wildman–Crippen LogP) is 4.47. The molecule has 0 radical (unpaired) electrons. The van der Waals surface area contributed by atoms with Crippen molar-refractivity contribution >= 4 is 33.2 Å². The Labute approximate surface area is 209 Å². The monoisotopic (exact) mass is 516 g/mol. The average molecular weight is 517 g/mol. The summed E-state index contributed by atoms with van der Waals surface area (Å²) in [5, 5.41) is 0.320. The van der Waals surface area contributed by atoms with Gasteiger partial charge < -0.3 is 19.1 Å². The highest BCUT2D eigenvalue weighted by atomic mass is 35.5. The number of ether oxygens (including phenoxy) is 3. The van der Waals surface area contributed by atoms with Crippen LogP contribution in [-0.2, 0) is 27.9 Å². The summed E-state index contributed by atoms with van der Waals surface area (Å²) < 4.78 is 44.8. The zero-order chi connectivity index (χ0) is 25.2. The summed E-state index contributed by atoms with van der Waals surface area (Å²) in [4.78, 5) is 14.8. The van der Waals surface area contributed by atoms with E-state index in [0.29, 0.717) is 33.5 Å². The van der Waals surface area contributed by atoms with Crippen LogP contribution in [0.1, 0.15) is 18.1 Å². The number of nitrogens with one attached hydrogen (secondary N) is 1. The lowest BCUT2D eigenvalue weighted by molar-refractivity contribution is -0.138. The average Bonchev–Trinajstić information content (AvgIpc) is 2.95. The number of carbonyl (C=O) groups is 1. The summed E-state index contributed by atoms with van der Waals surface area (Å²) in [7, 11) is -0.727. The maximum atomic E-state index is 13.1. The lowest BCUT2D eigenvalue weighted by Gasteiger charge is -2.23.